The van der Waals surface area contributed by atoms with Gasteiger partial charge in [-0.1, -0.05) is 12.1 Å². The lowest BCUT2D eigenvalue weighted by Crippen LogP contribution is -2.08. The quantitative estimate of drug-likeness (QED) is 0.751. The standard InChI is InChI=1S/C14H17N5S/c1-3-18-13(16-17-14(18)20)8-9-19-10(2)15-11-6-4-5-7-12(11)19/h4-7H,3,8-9H2,1-2H3,(H,17,20). The number of rotatable bonds is 4. The molecule has 3 rings (SSSR count). The smallest absolute Gasteiger partial charge is 0.195 e. The maximum absolute atomic E-state index is 5.21. The highest BCUT2D eigenvalue weighted by Crippen LogP contribution is 2.16. The zero-order valence-corrected chi connectivity index (χ0v) is 12.4. The van der Waals surface area contributed by atoms with Gasteiger partial charge in [0.15, 0.2) is 4.77 Å². The molecule has 104 valence electrons. The normalized spacial score (nSPS) is 11.3. The van der Waals surface area contributed by atoms with E-state index in [1.807, 2.05) is 29.7 Å². The van der Waals surface area contributed by atoms with Gasteiger partial charge in [-0.2, -0.15) is 5.10 Å². The molecule has 6 heteroatoms. The molecular formula is C14H17N5S. The Labute approximate surface area is 122 Å². The van der Waals surface area contributed by atoms with Crippen LogP contribution < -0.4 is 0 Å². The molecule has 2 aromatic heterocycles. The Morgan fingerprint density at radius 2 is 2.05 bits per heavy atom. The highest BCUT2D eigenvalue weighted by atomic mass is 32.1. The molecule has 0 fully saturated rings. The van der Waals surface area contributed by atoms with Crippen molar-refractivity contribution in [3.63, 3.8) is 0 Å². The van der Waals surface area contributed by atoms with Crippen LogP contribution in [0.3, 0.4) is 0 Å². The number of aromatic nitrogens is 5. The number of hydrogen-bond donors (Lipinski definition) is 1. The van der Waals surface area contributed by atoms with Crippen molar-refractivity contribution < 1.29 is 0 Å². The largest absolute Gasteiger partial charge is 0.328 e. The molecule has 3 aromatic rings. The number of hydrogen-bond acceptors (Lipinski definition) is 3. The summed E-state index contributed by atoms with van der Waals surface area (Å²) in [6, 6.07) is 8.20. The highest BCUT2D eigenvalue weighted by molar-refractivity contribution is 7.71. The molecule has 2 heterocycles. The number of nitrogens with one attached hydrogen (secondary N) is 1. The van der Waals surface area contributed by atoms with Crippen LogP contribution in [-0.2, 0) is 19.5 Å². The van der Waals surface area contributed by atoms with Crippen molar-refractivity contribution in [2.45, 2.75) is 33.4 Å². The summed E-state index contributed by atoms with van der Waals surface area (Å²) >= 11 is 5.21. The molecule has 0 aliphatic rings. The number of benzene rings is 1. The van der Waals surface area contributed by atoms with Gasteiger partial charge in [-0.15, -0.1) is 0 Å². The minimum atomic E-state index is 0.690. The van der Waals surface area contributed by atoms with E-state index in [9.17, 15) is 0 Å². The summed E-state index contributed by atoms with van der Waals surface area (Å²) in [5, 5.41) is 7.17. The number of aromatic amines is 1. The zero-order valence-electron chi connectivity index (χ0n) is 11.6. The second-order valence-electron chi connectivity index (χ2n) is 4.74. The van der Waals surface area contributed by atoms with Gasteiger partial charge in [-0.3, -0.25) is 5.10 Å². The molecule has 0 unspecified atom stereocenters. The first-order valence-corrected chi connectivity index (χ1v) is 7.17. The lowest BCUT2D eigenvalue weighted by molar-refractivity contribution is 0.621. The van der Waals surface area contributed by atoms with Crippen molar-refractivity contribution in [1.29, 1.82) is 0 Å². The molecular weight excluding hydrogens is 270 g/mol. The van der Waals surface area contributed by atoms with Gasteiger partial charge in [0.2, 0.25) is 0 Å². The number of fused-ring (bicyclic) bond motifs is 1. The van der Waals surface area contributed by atoms with Crippen LogP contribution in [0.15, 0.2) is 24.3 Å². The molecule has 0 aliphatic carbocycles. The van der Waals surface area contributed by atoms with Crippen molar-refractivity contribution in [2.24, 2.45) is 0 Å². The molecule has 1 N–H and O–H groups in total. The fraction of sp³-hybridized carbons (Fsp3) is 0.357. The second-order valence-corrected chi connectivity index (χ2v) is 5.13. The SMILES string of the molecule is CCn1c(CCn2c(C)nc3ccccc32)n[nH]c1=S. The summed E-state index contributed by atoms with van der Waals surface area (Å²) in [7, 11) is 0. The molecule has 1 aromatic carbocycles. The van der Waals surface area contributed by atoms with E-state index in [-0.39, 0.29) is 0 Å². The Bertz CT molecular complexity index is 795. The average molecular weight is 287 g/mol. The van der Waals surface area contributed by atoms with E-state index in [0.29, 0.717) is 4.77 Å². The molecule has 0 spiro atoms. The van der Waals surface area contributed by atoms with Gasteiger partial charge in [-0.25, -0.2) is 4.98 Å². The first-order valence-electron chi connectivity index (χ1n) is 6.76. The molecule has 20 heavy (non-hydrogen) atoms. The summed E-state index contributed by atoms with van der Waals surface area (Å²) in [6.07, 6.45) is 0.835. The summed E-state index contributed by atoms with van der Waals surface area (Å²) < 4.78 is 4.95. The van der Waals surface area contributed by atoms with Gasteiger partial charge in [0.05, 0.1) is 11.0 Å². The van der Waals surface area contributed by atoms with E-state index in [1.165, 1.54) is 5.52 Å². The Hall–Kier alpha value is -1.95. The average Bonchev–Trinajstić information content (AvgIpc) is 2.96. The fourth-order valence-electron chi connectivity index (χ4n) is 2.56. The van der Waals surface area contributed by atoms with E-state index in [0.717, 1.165) is 36.7 Å². The van der Waals surface area contributed by atoms with Crippen molar-refractivity contribution in [3.8, 4) is 0 Å². The van der Waals surface area contributed by atoms with Crippen LogP contribution in [0.4, 0.5) is 0 Å². The minimum Gasteiger partial charge on any atom is -0.328 e. The van der Waals surface area contributed by atoms with Gasteiger partial charge in [-0.05, 0) is 38.2 Å². The number of imidazole rings is 1. The van der Waals surface area contributed by atoms with Crippen LogP contribution >= 0.6 is 12.2 Å². The minimum absolute atomic E-state index is 0.690. The van der Waals surface area contributed by atoms with Crippen molar-refractivity contribution in [3.05, 3.63) is 40.7 Å². The summed E-state index contributed by atoms with van der Waals surface area (Å²) in [6.45, 7) is 5.81. The van der Waals surface area contributed by atoms with Crippen LogP contribution in [0.25, 0.3) is 11.0 Å². The predicted octanol–water partition coefficient (Wildman–Crippen LogP) is 2.86. The third kappa shape index (κ3) is 2.16. The third-order valence-electron chi connectivity index (χ3n) is 3.56. The van der Waals surface area contributed by atoms with E-state index in [2.05, 4.69) is 32.7 Å². The van der Waals surface area contributed by atoms with Crippen LogP contribution in [0.2, 0.25) is 0 Å². The van der Waals surface area contributed by atoms with E-state index in [1.54, 1.807) is 0 Å². The zero-order chi connectivity index (χ0) is 14.1. The first kappa shape index (κ1) is 13.1. The summed E-state index contributed by atoms with van der Waals surface area (Å²) in [5.41, 5.74) is 2.21. The topological polar surface area (TPSA) is 51.4 Å². The first-order chi connectivity index (χ1) is 9.70. The molecule has 0 radical (unpaired) electrons. The molecule has 0 bridgehead atoms. The predicted molar refractivity (Wildman–Crippen MR) is 81.3 cm³/mol. The Morgan fingerprint density at radius 3 is 2.85 bits per heavy atom. The van der Waals surface area contributed by atoms with Gasteiger partial charge >= 0.3 is 0 Å². The molecule has 0 amide bonds. The molecule has 0 saturated carbocycles. The van der Waals surface area contributed by atoms with E-state index in [4.69, 9.17) is 12.2 Å². The maximum Gasteiger partial charge on any atom is 0.195 e. The number of H-pyrrole nitrogens is 1. The Morgan fingerprint density at radius 1 is 1.25 bits per heavy atom. The van der Waals surface area contributed by atoms with E-state index < -0.39 is 0 Å². The molecule has 0 saturated heterocycles. The van der Waals surface area contributed by atoms with Gasteiger partial charge < -0.3 is 9.13 Å². The molecule has 5 nitrogen and oxygen atoms in total. The summed E-state index contributed by atoms with van der Waals surface area (Å²) in [4.78, 5) is 4.58. The Balaban J connectivity index is 1.90. The van der Waals surface area contributed by atoms with Gasteiger partial charge in [0.1, 0.15) is 11.6 Å². The number of aryl methyl sites for hydroxylation is 3. The summed E-state index contributed by atoms with van der Waals surface area (Å²) in [5.74, 6) is 2.03. The number of nitrogens with zero attached hydrogens (tertiary/aromatic N) is 4. The third-order valence-corrected chi connectivity index (χ3v) is 3.87. The monoisotopic (exact) mass is 287 g/mol. The van der Waals surface area contributed by atoms with Gasteiger partial charge in [0, 0.05) is 19.5 Å². The van der Waals surface area contributed by atoms with Crippen LogP contribution in [0.1, 0.15) is 18.6 Å². The number of para-hydroxylation sites is 2. The van der Waals surface area contributed by atoms with Gasteiger partial charge in [0.25, 0.3) is 0 Å². The molecule has 0 atom stereocenters. The molecule has 0 aliphatic heterocycles. The van der Waals surface area contributed by atoms with Crippen LogP contribution in [-0.4, -0.2) is 24.3 Å². The lowest BCUT2D eigenvalue weighted by atomic mass is 10.3. The van der Waals surface area contributed by atoms with Crippen LogP contribution in [0, 0.1) is 11.7 Å². The highest BCUT2D eigenvalue weighted by Gasteiger charge is 2.09. The van der Waals surface area contributed by atoms with Crippen molar-refractivity contribution in [2.75, 3.05) is 0 Å². The fourth-order valence-corrected chi connectivity index (χ4v) is 2.84. The van der Waals surface area contributed by atoms with E-state index >= 15 is 0 Å². The lowest BCUT2D eigenvalue weighted by Gasteiger charge is -2.07. The van der Waals surface area contributed by atoms with Crippen molar-refractivity contribution >= 4 is 23.3 Å². The van der Waals surface area contributed by atoms with Crippen molar-refractivity contribution in [1.82, 2.24) is 24.3 Å². The maximum atomic E-state index is 5.21. The van der Waals surface area contributed by atoms with Crippen LogP contribution in [0.5, 0.6) is 0 Å². The second kappa shape index (κ2) is 5.20. The Kier molecular flexibility index (Phi) is 3.40.